The van der Waals surface area contributed by atoms with Crippen molar-refractivity contribution in [1.29, 1.82) is 0 Å². The molecule has 0 bridgehead atoms. The number of nitrogens with one attached hydrogen (secondary N) is 1. The molecule has 1 aliphatic rings. The molecular formula is C13H21N5. The molecule has 0 amide bonds. The molecule has 18 heavy (non-hydrogen) atoms. The fourth-order valence-electron chi connectivity index (χ4n) is 2.28. The summed E-state index contributed by atoms with van der Waals surface area (Å²) in [6, 6.07) is 4.28. The van der Waals surface area contributed by atoms with Crippen molar-refractivity contribution in [3.05, 3.63) is 24.5 Å². The van der Waals surface area contributed by atoms with Gasteiger partial charge in [-0.1, -0.05) is 19.3 Å². The lowest BCUT2D eigenvalue weighted by atomic mass is 9.96. The quantitative estimate of drug-likeness (QED) is 0.361. The fourth-order valence-corrected chi connectivity index (χ4v) is 2.28. The molecule has 0 radical (unpaired) electrons. The van der Waals surface area contributed by atoms with Crippen LogP contribution < -0.4 is 16.2 Å². The van der Waals surface area contributed by atoms with Gasteiger partial charge in [-0.25, -0.2) is 10.8 Å². The lowest BCUT2D eigenvalue weighted by Gasteiger charge is -2.24. The van der Waals surface area contributed by atoms with Gasteiger partial charge in [0.2, 0.25) is 5.96 Å². The summed E-state index contributed by atoms with van der Waals surface area (Å²) in [5, 5.41) is 0. The van der Waals surface area contributed by atoms with E-state index >= 15 is 0 Å². The molecule has 1 fully saturated rings. The fraction of sp³-hybridized carbons (Fsp3) is 0.538. The van der Waals surface area contributed by atoms with Gasteiger partial charge in [0.25, 0.3) is 0 Å². The molecule has 3 N–H and O–H groups in total. The number of aliphatic imine (C=N–C) groups is 1. The summed E-state index contributed by atoms with van der Waals surface area (Å²) >= 11 is 0. The van der Waals surface area contributed by atoms with Crippen LogP contribution in [-0.2, 0) is 0 Å². The van der Waals surface area contributed by atoms with Crippen LogP contribution in [-0.4, -0.2) is 24.0 Å². The highest BCUT2D eigenvalue weighted by Crippen LogP contribution is 2.21. The van der Waals surface area contributed by atoms with E-state index < -0.39 is 0 Å². The molecule has 1 aromatic heterocycles. The summed E-state index contributed by atoms with van der Waals surface area (Å²) in [5.41, 5.74) is 3.67. The molecule has 1 aromatic rings. The molecule has 1 saturated carbocycles. The molecule has 0 aromatic carbocycles. The number of nitrogens with zero attached hydrogens (tertiary/aromatic N) is 3. The lowest BCUT2D eigenvalue weighted by molar-refractivity contribution is 0.442. The first kappa shape index (κ1) is 12.8. The lowest BCUT2D eigenvalue weighted by Crippen LogP contribution is -2.44. The Balaban J connectivity index is 2.09. The summed E-state index contributed by atoms with van der Waals surface area (Å²) in [6.07, 6.45) is 9.73. The zero-order chi connectivity index (χ0) is 12.8. The number of hydrogen-bond acceptors (Lipinski definition) is 3. The van der Waals surface area contributed by atoms with E-state index in [0.717, 1.165) is 18.5 Å². The summed E-state index contributed by atoms with van der Waals surface area (Å²) in [5.74, 6) is 6.29. The molecule has 1 aliphatic carbocycles. The Hall–Kier alpha value is -1.62. The van der Waals surface area contributed by atoms with Gasteiger partial charge in [0, 0.05) is 13.2 Å². The van der Waals surface area contributed by atoms with E-state index in [4.69, 9.17) is 10.8 Å². The third-order valence-corrected chi connectivity index (χ3v) is 3.36. The predicted octanol–water partition coefficient (Wildman–Crippen LogP) is 1.67. The Morgan fingerprint density at radius 1 is 1.44 bits per heavy atom. The number of nitrogens with two attached hydrogens (primary N) is 1. The molecule has 98 valence electrons. The highest BCUT2D eigenvalue weighted by Gasteiger charge is 2.15. The Morgan fingerprint density at radius 3 is 2.83 bits per heavy atom. The van der Waals surface area contributed by atoms with Crippen LogP contribution in [0.25, 0.3) is 0 Å². The van der Waals surface area contributed by atoms with E-state index in [9.17, 15) is 0 Å². The third-order valence-electron chi connectivity index (χ3n) is 3.36. The van der Waals surface area contributed by atoms with Gasteiger partial charge in [-0.15, -0.1) is 0 Å². The summed E-state index contributed by atoms with van der Waals surface area (Å²) < 4.78 is 0. The average molecular weight is 247 g/mol. The number of hydrogen-bond donors (Lipinski definition) is 2. The van der Waals surface area contributed by atoms with Crippen molar-refractivity contribution < 1.29 is 0 Å². The van der Waals surface area contributed by atoms with Crippen molar-refractivity contribution in [2.75, 3.05) is 11.9 Å². The maximum atomic E-state index is 5.59. The van der Waals surface area contributed by atoms with Crippen LogP contribution in [0.2, 0.25) is 0 Å². The second-order valence-corrected chi connectivity index (χ2v) is 4.66. The molecule has 2 rings (SSSR count). The monoisotopic (exact) mass is 247 g/mol. The molecule has 0 atom stereocenters. The van der Waals surface area contributed by atoms with E-state index in [-0.39, 0.29) is 0 Å². The second-order valence-electron chi connectivity index (χ2n) is 4.66. The van der Waals surface area contributed by atoms with Crippen molar-refractivity contribution in [3.63, 3.8) is 0 Å². The highest BCUT2D eigenvalue weighted by atomic mass is 15.4. The smallest absolute Gasteiger partial charge is 0.213 e. The Kier molecular flexibility index (Phi) is 4.52. The Morgan fingerprint density at radius 2 is 2.22 bits per heavy atom. The van der Waals surface area contributed by atoms with Gasteiger partial charge in [-0.3, -0.25) is 10.4 Å². The summed E-state index contributed by atoms with van der Waals surface area (Å²) in [6.45, 7) is 0. The summed E-state index contributed by atoms with van der Waals surface area (Å²) in [7, 11) is 1.94. The van der Waals surface area contributed by atoms with Gasteiger partial charge in [0.15, 0.2) is 0 Å². The van der Waals surface area contributed by atoms with Gasteiger partial charge >= 0.3 is 0 Å². The number of pyridine rings is 1. The van der Waals surface area contributed by atoms with Gasteiger partial charge in [-0.2, -0.15) is 0 Å². The minimum atomic E-state index is 0.393. The normalized spacial score (nSPS) is 17.6. The zero-order valence-electron chi connectivity index (χ0n) is 10.8. The minimum absolute atomic E-state index is 0.393. The zero-order valence-corrected chi connectivity index (χ0v) is 10.8. The van der Waals surface area contributed by atoms with Crippen LogP contribution >= 0.6 is 0 Å². The minimum Gasteiger partial charge on any atom is -0.313 e. The SMILES string of the molecule is CN(C(=NC1CCCCC1)NN)c1cccnc1. The molecule has 0 unspecified atom stereocenters. The average Bonchev–Trinajstić information content (AvgIpc) is 2.46. The first-order valence-electron chi connectivity index (χ1n) is 6.49. The number of anilines is 1. The van der Waals surface area contributed by atoms with Crippen LogP contribution in [0.5, 0.6) is 0 Å². The first-order chi connectivity index (χ1) is 8.81. The van der Waals surface area contributed by atoms with Crippen LogP contribution in [0, 0.1) is 0 Å². The third kappa shape index (κ3) is 3.20. The van der Waals surface area contributed by atoms with E-state index in [0.29, 0.717) is 12.0 Å². The number of aromatic nitrogens is 1. The van der Waals surface area contributed by atoms with Crippen molar-refractivity contribution in [2.24, 2.45) is 10.8 Å². The maximum Gasteiger partial charge on any atom is 0.213 e. The van der Waals surface area contributed by atoms with Crippen molar-refractivity contribution in [3.8, 4) is 0 Å². The molecule has 5 nitrogen and oxygen atoms in total. The van der Waals surface area contributed by atoms with Crippen LogP contribution in [0.1, 0.15) is 32.1 Å². The predicted molar refractivity (Wildman–Crippen MR) is 74.3 cm³/mol. The summed E-state index contributed by atoms with van der Waals surface area (Å²) in [4.78, 5) is 10.7. The van der Waals surface area contributed by atoms with Crippen molar-refractivity contribution in [1.82, 2.24) is 10.4 Å². The van der Waals surface area contributed by atoms with E-state index in [2.05, 4.69) is 10.4 Å². The molecule has 0 spiro atoms. The molecule has 0 aliphatic heterocycles. The largest absolute Gasteiger partial charge is 0.313 e. The molecule has 1 heterocycles. The topological polar surface area (TPSA) is 66.5 Å². The standard InChI is InChI=1S/C13H21N5/c1-18(12-8-5-9-15-10-12)13(17-14)16-11-6-3-2-4-7-11/h5,8-11H,2-4,6-7,14H2,1H3,(H,16,17). The van der Waals surface area contributed by atoms with Gasteiger partial charge < -0.3 is 4.90 Å². The molecule has 5 heteroatoms. The first-order valence-corrected chi connectivity index (χ1v) is 6.49. The molecular weight excluding hydrogens is 226 g/mol. The highest BCUT2D eigenvalue weighted by molar-refractivity contribution is 5.95. The molecule has 0 saturated heterocycles. The number of hydrazine groups is 1. The second kappa shape index (κ2) is 6.35. The number of rotatable bonds is 2. The Labute approximate surface area is 108 Å². The van der Waals surface area contributed by atoms with Gasteiger partial charge in [-0.05, 0) is 25.0 Å². The Bertz CT molecular complexity index is 384. The van der Waals surface area contributed by atoms with E-state index in [1.165, 1.54) is 19.3 Å². The van der Waals surface area contributed by atoms with Crippen molar-refractivity contribution >= 4 is 11.6 Å². The number of guanidine groups is 1. The van der Waals surface area contributed by atoms with Crippen molar-refractivity contribution in [2.45, 2.75) is 38.1 Å². The maximum absolute atomic E-state index is 5.59. The van der Waals surface area contributed by atoms with E-state index in [1.807, 2.05) is 24.1 Å². The van der Waals surface area contributed by atoms with E-state index in [1.54, 1.807) is 12.4 Å². The van der Waals surface area contributed by atoms with Crippen LogP contribution in [0.3, 0.4) is 0 Å². The van der Waals surface area contributed by atoms with Crippen LogP contribution in [0.4, 0.5) is 5.69 Å². The van der Waals surface area contributed by atoms with Gasteiger partial charge in [0.05, 0.1) is 17.9 Å². The van der Waals surface area contributed by atoms with Gasteiger partial charge in [0.1, 0.15) is 0 Å². The van der Waals surface area contributed by atoms with Crippen LogP contribution in [0.15, 0.2) is 29.5 Å².